The lowest BCUT2D eigenvalue weighted by molar-refractivity contribution is -0.117. The van der Waals surface area contributed by atoms with Crippen LogP contribution in [0.25, 0.3) is 0 Å². The average Bonchev–Trinajstić information content (AvgIpc) is 2.55. The molecule has 1 heterocycles. The summed E-state index contributed by atoms with van der Waals surface area (Å²) in [7, 11) is 0.765. The maximum atomic E-state index is 13.5. The Bertz CT molecular complexity index is 482. The van der Waals surface area contributed by atoms with Crippen molar-refractivity contribution in [3.63, 3.8) is 0 Å². The quantitative estimate of drug-likeness (QED) is 0.259. The largest absolute Gasteiger partial charge is 0.294 e. The van der Waals surface area contributed by atoms with Crippen molar-refractivity contribution < 1.29 is 4.79 Å². The highest BCUT2D eigenvalue weighted by Gasteiger charge is 2.46. The van der Waals surface area contributed by atoms with Crippen LogP contribution in [0, 0.1) is 10.8 Å². The monoisotopic (exact) mass is 412 g/mol. The summed E-state index contributed by atoms with van der Waals surface area (Å²) in [6, 6.07) is 0. The van der Waals surface area contributed by atoms with Crippen molar-refractivity contribution in [2.45, 2.75) is 118 Å². The molecule has 0 spiro atoms. The van der Waals surface area contributed by atoms with Gasteiger partial charge in [0.05, 0.1) is 5.66 Å². The van der Waals surface area contributed by atoms with Gasteiger partial charge in [0.1, 0.15) is 0 Å². The number of Topliss-reactive ketones (excluding diaryl/α,β-unsaturated/α-hetero) is 1. The van der Waals surface area contributed by atoms with Crippen molar-refractivity contribution >= 4 is 21.7 Å². The minimum atomic E-state index is -0.228. The SMILES string of the molecule is CCCCCCCCCPP1C(CC)C=C(C(C)(C)C)C(=O)C1C(C)(C)C. The zero-order valence-corrected chi connectivity index (χ0v) is 21.3. The molecule has 0 N–H and O–H groups in total. The van der Waals surface area contributed by atoms with Gasteiger partial charge >= 0.3 is 0 Å². The number of hydrogen-bond donors (Lipinski definition) is 0. The lowest BCUT2D eigenvalue weighted by Crippen LogP contribution is -2.41. The lowest BCUT2D eigenvalue weighted by Gasteiger charge is -2.45. The molecule has 0 aliphatic carbocycles. The molecule has 3 heteroatoms. The summed E-state index contributed by atoms with van der Waals surface area (Å²) in [4.78, 5) is 13.5. The van der Waals surface area contributed by atoms with Crippen LogP contribution >= 0.6 is 15.9 Å². The van der Waals surface area contributed by atoms with Gasteiger partial charge in [0.15, 0.2) is 5.78 Å². The molecule has 1 aliphatic heterocycles. The maximum absolute atomic E-state index is 13.5. The van der Waals surface area contributed by atoms with Crippen LogP contribution in [0.5, 0.6) is 0 Å². The van der Waals surface area contributed by atoms with E-state index in [0.717, 1.165) is 13.8 Å². The highest BCUT2D eigenvalue weighted by Crippen LogP contribution is 2.70. The van der Waals surface area contributed by atoms with Crippen molar-refractivity contribution in [2.24, 2.45) is 10.8 Å². The maximum Gasteiger partial charge on any atom is 0.167 e. The van der Waals surface area contributed by atoms with E-state index in [0.29, 0.717) is 11.4 Å². The molecular weight excluding hydrogens is 366 g/mol. The first-order valence-corrected chi connectivity index (χ1v) is 14.8. The zero-order valence-electron chi connectivity index (χ0n) is 19.5. The van der Waals surface area contributed by atoms with E-state index in [-0.39, 0.29) is 24.1 Å². The molecule has 4 atom stereocenters. The Labute approximate surface area is 173 Å². The van der Waals surface area contributed by atoms with Gasteiger partial charge in [-0.15, -0.1) is 0 Å². The third-order valence-electron chi connectivity index (χ3n) is 5.63. The Morgan fingerprint density at radius 2 is 1.48 bits per heavy atom. The summed E-state index contributed by atoms with van der Waals surface area (Å²) in [5.41, 5.74) is 2.04. The fourth-order valence-electron chi connectivity index (χ4n) is 4.06. The van der Waals surface area contributed by atoms with Crippen LogP contribution in [0.3, 0.4) is 0 Å². The number of hydrogen-bond acceptors (Lipinski definition) is 1. The molecule has 4 unspecified atom stereocenters. The molecule has 0 fully saturated rings. The van der Waals surface area contributed by atoms with Gasteiger partial charge < -0.3 is 0 Å². The second kappa shape index (κ2) is 11.5. The second-order valence-corrected chi connectivity index (χ2v) is 15.7. The van der Waals surface area contributed by atoms with E-state index >= 15 is 0 Å². The van der Waals surface area contributed by atoms with Gasteiger partial charge in [0.2, 0.25) is 0 Å². The van der Waals surface area contributed by atoms with Crippen LogP contribution in [0.1, 0.15) is 107 Å². The van der Waals surface area contributed by atoms with Crippen LogP contribution in [0.2, 0.25) is 0 Å². The molecule has 0 radical (unpaired) electrons. The molecule has 0 aromatic heterocycles. The predicted molar refractivity (Wildman–Crippen MR) is 128 cm³/mol. The van der Waals surface area contributed by atoms with E-state index in [1.807, 2.05) is 0 Å². The summed E-state index contributed by atoms with van der Waals surface area (Å²) < 4.78 is 0. The molecule has 0 saturated carbocycles. The van der Waals surface area contributed by atoms with Crippen molar-refractivity contribution in [1.82, 2.24) is 0 Å². The number of carbonyl (C=O) groups excluding carboxylic acids is 1. The van der Waals surface area contributed by atoms with E-state index in [9.17, 15) is 4.79 Å². The fraction of sp³-hybridized carbons (Fsp3) is 0.875. The van der Waals surface area contributed by atoms with Gasteiger partial charge in [0, 0.05) is 5.66 Å². The van der Waals surface area contributed by atoms with Gasteiger partial charge in [-0.1, -0.05) is 116 Å². The van der Waals surface area contributed by atoms with E-state index < -0.39 is 0 Å². The molecule has 0 amide bonds. The minimum Gasteiger partial charge on any atom is -0.294 e. The number of allylic oxidation sites excluding steroid dienone is 2. The third-order valence-corrected chi connectivity index (χ3v) is 12.9. The number of rotatable bonds is 10. The summed E-state index contributed by atoms with van der Waals surface area (Å²) in [6.07, 6.45) is 14.6. The molecule has 0 aromatic rings. The smallest absolute Gasteiger partial charge is 0.167 e. The molecule has 158 valence electrons. The first-order chi connectivity index (χ1) is 12.5. The zero-order chi connectivity index (χ0) is 20.7. The molecule has 0 saturated heterocycles. The van der Waals surface area contributed by atoms with E-state index in [1.165, 1.54) is 57.5 Å². The van der Waals surface area contributed by atoms with Gasteiger partial charge in [-0.3, -0.25) is 4.79 Å². The Morgan fingerprint density at radius 3 is 1.96 bits per heavy atom. The highest BCUT2D eigenvalue weighted by atomic mass is 32.0. The Hall–Kier alpha value is 0.270. The number of unbranched alkanes of at least 4 members (excludes halogenated alkanes) is 6. The Kier molecular flexibility index (Phi) is 10.7. The van der Waals surface area contributed by atoms with E-state index in [1.54, 1.807) is 0 Å². The van der Waals surface area contributed by atoms with Crippen LogP contribution in [0.4, 0.5) is 0 Å². The van der Waals surface area contributed by atoms with Crippen molar-refractivity contribution in [3.8, 4) is 0 Å². The van der Waals surface area contributed by atoms with Crippen LogP contribution in [-0.4, -0.2) is 23.3 Å². The summed E-state index contributed by atoms with van der Waals surface area (Å²) in [5, 5.41) is 0. The van der Waals surface area contributed by atoms with Gasteiger partial charge in [-0.25, -0.2) is 0 Å². The summed E-state index contributed by atoms with van der Waals surface area (Å²) in [5.74, 6) is 0.470. The number of carbonyl (C=O) groups is 1. The Morgan fingerprint density at radius 1 is 0.926 bits per heavy atom. The molecule has 1 nitrogen and oxygen atoms in total. The van der Waals surface area contributed by atoms with Crippen LogP contribution in [0.15, 0.2) is 11.6 Å². The standard InChI is InChI=1S/C24H46OP2/c1-9-11-12-13-14-15-16-17-26-27-19(10-2)18-20(23(3,4)5)21(25)22(27)24(6,7)8/h18-19,22,26H,9-17H2,1-8H3. The van der Waals surface area contributed by atoms with Crippen molar-refractivity contribution in [1.29, 1.82) is 0 Å². The third kappa shape index (κ3) is 7.90. The molecule has 1 rings (SSSR count). The number of ketones is 1. The van der Waals surface area contributed by atoms with Crippen molar-refractivity contribution in [2.75, 3.05) is 6.16 Å². The highest BCUT2D eigenvalue weighted by molar-refractivity contribution is 8.22. The molecule has 27 heavy (non-hydrogen) atoms. The van der Waals surface area contributed by atoms with Crippen LogP contribution < -0.4 is 0 Å². The molecule has 0 aromatic carbocycles. The van der Waals surface area contributed by atoms with Gasteiger partial charge in [-0.05, 0) is 35.4 Å². The van der Waals surface area contributed by atoms with E-state index in [4.69, 9.17) is 0 Å². The summed E-state index contributed by atoms with van der Waals surface area (Å²) >= 11 is 0. The van der Waals surface area contributed by atoms with Gasteiger partial charge in [0.25, 0.3) is 0 Å². The van der Waals surface area contributed by atoms with Gasteiger partial charge in [-0.2, -0.15) is 0 Å². The lowest BCUT2D eigenvalue weighted by atomic mass is 9.77. The molecule has 1 aliphatic rings. The molecular formula is C24H46OP2. The topological polar surface area (TPSA) is 17.1 Å². The molecule has 0 bridgehead atoms. The first kappa shape index (κ1) is 25.3. The normalized spacial score (nSPS) is 24.7. The predicted octanol–water partition coefficient (Wildman–Crippen LogP) is 8.56. The van der Waals surface area contributed by atoms with Crippen molar-refractivity contribution in [3.05, 3.63) is 11.6 Å². The fourth-order valence-corrected chi connectivity index (χ4v) is 12.2. The van der Waals surface area contributed by atoms with E-state index in [2.05, 4.69) is 61.5 Å². The van der Waals surface area contributed by atoms with Crippen LogP contribution in [-0.2, 0) is 4.79 Å². The second-order valence-electron chi connectivity index (χ2n) is 10.4. The minimum absolute atomic E-state index is 0.0307. The first-order valence-electron chi connectivity index (χ1n) is 11.3. The summed E-state index contributed by atoms with van der Waals surface area (Å²) in [6.45, 7) is 18.1. The Balaban J connectivity index is 2.77. The average molecular weight is 413 g/mol.